The molecule has 2 heterocycles. The quantitative estimate of drug-likeness (QED) is 0.104. The molecule has 0 bridgehead atoms. The van der Waals surface area contributed by atoms with Crippen molar-refractivity contribution in [2.24, 2.45) is 11.8 Å². The summed E-state index contributed by atoms with van der Waals surface area (Å²) in [4.78, 5) is 16.4. The van der Waals surface area contributed by atoms with Crippen molar-refractivity contribution in [1.82, 2.24) is 4.98 Å². The van der Waals surface area contributed by atoms with E-state index in [1.807, 2.05) is 33.9 Å². The van der Waals surface area contributed by atoms with Crippen LogP contribution in [0.1, 0.15) is 123 Å². The molecule has 4 aromatic rings. The Morgan fingerprint density at radius 3 is 2.00 bits per heavy atom. The molecule has 0 amide bonds. The number of furan rings is 1. The van der Waals surface area contributed by atoms with Crippen LogP contribution in [0.5, 0.6) is 0 Å². The molecule has 0 aliphatic carbocycles. The number of hydrogen-bond donors (Lipinski definition) is 1. The van der Waals surface area contributed by atoms with E-state index >= 15 is 0 Å². The van der Waals surface area contributed by atoms with Gasteiger partial charge in [0.1, 0.15) is 11.3 Å². The monoisotopic (exact) mass is 829 g/mol. The molecule has 1 radical (unpaired) electrons. The fourth-order valence-electron chi connectivity index (χ4n) is 6.23. The molecule has 0 spiro atoms. The molecule has 0 fully saturated rings. The summed E-state index contributed by atoms with van der Waals surface area (Å²) in [6.45, 7) is 28.0. The molecule has 0 aliphatic rings. The smallest absolute Gasteiger partial charge is 0.162 e. The van der Waals surface area contributed by atoms with Crippen molar-refractivity contribution in [3.8, 4) is 22.6 Å². The summed E-state index contributed by atoms with van der Waals surface area (Å²) < 4.78 is 6.63. The van der Waals surface area contributed by atoms with Gasteiger partial charge in [-0.3, -0.25) is 4.79 Å². The van der Waals surface area contributed by atoms with Crippen LogP contribution in [0.3, 0.4) is 0 Å². The molecule has 1 N–H and O–H groups in total. The Balaban J connectivity index is 0.000000427. The van der Waals surface area contributed by atoms with Gasteiger partial charge in [-0.2, -0.15) is 0 Å². The van der Waals surface area contributed by atoms with E-state index in [0.29, 0.717) is 0 Å². The first-order valence-electron chi connectivity index (χ1n) is 17.4. The van der Waals surface area contributed by atoms with Crippen LogP contribution in [0, 0.1) is 38.7 Å². The molecule has 263 valence electrons. The first kappa shape index (κ1) is 41.2. The van der Waals surface area contributed by atoms with Crippen molar-refractivity contribution in [1.29, 1.82) is 0 Å². The minimum atomic E-state index is -0.00940. The van der Waals surface area contributed by atoms with Crippen LogP contribution in [0.25, 0.3) is 33.6 Å². The Bertz CT molecular complexity index is 1690. The number of ketones is 1. The van der Waals surface area contributed by atoms with Crippen molar-refractivity contribution < 1.29 is 34.4 Å². The van der Waals surface area contributed by atoms with E-state index in [4.69, 9.17) is 9.40 Å². The standard InChI is InChI=1S/C30H34NO.C13H24O2.Ir/c1-18-14-19(2)16-21(15-18)26-28-23(12-13-31-26)20(3)27(32-28)24-11-10-22(29(4,5)6)17-25(24)30(7,8)9;1-5-10(6-2)12(14)9-13(15)11(7-3)8-4;/h10-15,17H,1-9H3;9-11,14H,5-8H2,1-4H3;/q-1;;/b;12-9-;. The maximum Gasteiger partial charge on any atom is 0.162 e. The first-order valence-corrected chi connectivity index (χ1v) is 17.4. The second kappa shape index (κ2) is 17.1. The van der Waals surface area contributed by atoms with Gasteiger partial charge in [0, 0.05) is 66.4 Å². The number of aliphatic hydroxyl groups is 1. The van der Waals surface area contributed by atoms with Crippen molar-refractivity contribution >= 4 is 16.8 Å². The Hall–Kier alpha value is -3.01. The maximum absolute atomic E-state index is 11.7. The Morgan fingerprint density at radius 2 is 1.48 bits per heavy atom. The minimum absolute atomic E-state index is 0. The van der Waals surface area contributed by atoms with Gasteiger partial charge >= 0.3 is 0 Å². The van der Waals surface area contributed by atoms with Crippen LogP contribution in [-0.2, 0) is 35.7 Å². The second-order valence-corrected chi connectivity index (χ2v) is 15.1. The van der Waals surface area contributed by atoms with E-state index in [1.165, 1.54) is 22.8 Å². The Labute approximate surface area is 304 Å². The number of fused-ring (bicyclic) bond motifs is 1. The van der Waals surface area contributed by atoms with Gasteiger partial charge in [0.2, 0.25) is 0 Å². The summed E-state index contributed by atoms with van der Waals surface area (Å²) >= 11 is 0. The molecule has 4 rings (SSSR count). The molecule has 48 heavy (non-hydrogen) atoms. The molecule has 0 aliphatic heterocycles. The molecule has 0 unspecified atom stereocenters. The number of benzene rings is 2. The van der Waals surface area contributed by atoms with Crippen LogP contribution in [-0.4, -0.2) is 15.9 Å². The Morgan fingerprint density at radius 1 is 0.875 bits per heavy atom. The third-order valence-corrected chi connectivity index (χ3v) is 9.28. The third-order valence-electron chi connectivity index (χ3n) is 9.28. The number of nitrogens with zero attached hydrogens (tertiary/aromatic N) is 1. The number of carbonyl (C=O) groups excluding carboxylic acids is 1. The SMILES string of the molecule is CCC(CC)C(=O)/C=C(\O)C(CC)CC.Cc1[c-]c(-c2nccc3c(C)c(-c4ccc(C(C)(C)C)cc4C(C)(C)C)oc23)cc(C)c1.[Ir]. The predicted molar refractivity (Wildman–Crippen MR) is 199 cm³/mol. The molecular formula is C43H58IrNO3-. The van der Waals surface area contributed by atoms with Crippen LogP contribution in [0.15, 0.2) is 58.8 Å². The van der Waals surface area contributed by atoms with E-state index < -0.39 is 0 Å². The van der Waals surface area contributed by atoms with Crippen molar-refractivity contribution in [2.45, 2.75) is 127 Å². The largest absolute Gasteiger partial charge is 0.512 e. The maximum atomic E-state index is 11.7. The number of allylic oxidation sites excluding steroid dienone is 2. The van der Waals surface area contributed by atoms with E-state index in [0.717, 1.165) is 70.4 Å². The van der Waals surface area contributed by atoms with E-state index in [9.17, 15) is 9.90 Å². The first-order chi connectivity index (χ1) is 22.0. The number of carbonyl (C=O) groups is 1. The summed E-state index contributed by atoms with van der Waals surface area (Å²) in [5, 5.41) is 10.9. The molecule has 0 saturated heterocycles. The number of pyridine rings is 1. The van der Waals surface area contributed by atoms with Gasteiger partial charge in [-0.1, -0.05) is 101 Å². The zero-order valence-electron chi connectivity index (χ0n) is 31.6. The number of aromatic nitrogens is 1. The predicted octanol–water partition coefficient (Wildman–Crippen LogP) is 12.3. The van der Waals surface area contributed by atoms with Gasteiger partial charge in [-0.25, -0.2) is 0 Å². The number of aliphatic hydroxyl groups excluding tert-OH is 1. The average molecular weight is 829 g/mol. The topological polar surface area (TPSA) is 63.3 Å². The molecular weight excluding hydrogens is 771 g/mol. The zero-order valence-corrected chi connectivity index (χ0v) is 34.0. The van der Waals surface area contributed by atoms with Crippen LogP contribution in [0.2, 0.25) is 0 Å². The van der Waals surface area contributed by atoms with Crippen molar-refractivity contribution in [2.75, 3.05) is 0 Å². The van der Waals surface area contributed by atoms with E-state index in [2.05, 4.69) is 105 Å². The third kappa shape index (κ3) is 9.79. The Kier molecular flexibility index (Phi) is 14.6. The zero-order chi connectivity index (χ0) is 35.3. The van der Waals surface area contributed by atoms with Gasteiger partial charge in [-0.15, -0.1) is 34.9 Å². The van der Waals surface area contributed by atoms with Gasteiger partial charge < -0.3 is 14.5 Å². The van der Waals surface area contributed by atoms with Crippen molar-refractivity contribution in [3.05, 3.63) is 88.3 Å². The molecule has 5 heteroatoms. The van der Waals surface area contributed by atoms with Gasteiger partial charge in [-0.05, 0) is 60.6 Å². The second-order valence-electron chi connectivity index (χ2n) is 15.1. The van der Waals surface area contributed by atoms with Crippen LogP contribution >= 0.6 is 0 Å². The molecule has 4 nitrogen and oxygen atoms in total. The number of hydrogen-bond acceptors (Lipinski definition) is 4. The van der Waals surface area contributed by atoms with E-state index in [-0.39, 0.29) is 54.3 Å². The van der Waals surface area contributed by atoms with Gasteiger partial charge in [0.15, 0.2) is 5.78 Å². The minimum Gasteiger partial charge on any atom is -0.512 e. The summed E-state index contributed by atoms with van der Waals surface area (Å²) in [6, 6.07) is 16.6. The van der Waals surface area contributed by atoms with Crippen molar-refractivity contribution in [3.63, 3.8) is 0 Å². The summed E-state index contributed by atoms with van der Waals surface area (Å²) in [5.41, 5.74) is 10.0. The molecule has 2 aromatic heterocycles. The number of aryl methyl sites for hydroxylation is 3. The van der Waals surface area contributed by atoms with Gasteiger partial charge in [0.05, 0.1) is 5.76 Å². The molecule has 2 aromatic carbocycles. The molecule has 0 saturated carbocycles. The normalized spacial score (nSPS) is 12.3. The average Bonchev–Trinajstić information content (AvgIpc) is 3.33. The van der Waals surface area contributed by atoms with Crippen LogP contribution < -0.4 is 0 Å². The fourth-order valence-corrected chi connectivity index (χ4v) is 6.23. The summed E-state index contributed by atoms with van der Waals surface area (Å²) in [7, 11) is 0. The summed E-state index contributed by atoms with van der Waals surface area (Å²) in [5.74, 6) is 1.48. The summed E-state index contributed by atoms with van der Waals surface area (Å²) in [6.07, 6.45) is 6.78. The van der Waals surface area contributed by atoms with Crippen LogP contribution in [0.4, 0.5) is 0 Å². The molecule has 0 atom stereocenters. The number of rotatable bonds is 9. The van der Waals surface area contributed by atoms with Gasteiger partial charge in [0.25, 0.3) is 0 Å². The van der Waals surface area contributed by atoms with E-state index in [1.54, 1.807) is 0 Å². The fraction of sp³-hybridized carbons (Fsp3) is 0.488.